The van der Waals surface area contributed by atoms with Gasteiger partial charge in [0.25, 0.3) is 0 Å². The highest BCUT2D eigenvalue weighted by Crippen LogP contribution is 2.31. The molecule has 0 bridgehead atoms. The van der Waals surface area contributed by atoms with Crippen LogP contribution in [0.4, 0.5) is 5.13 Å². The minimum Gasteiger partial charge on any atom is -0.317 e. The van der Waals surface area contributed by atoms with Crippen LogP contribution in [-0.2, 0) is 11.2 Å². The van der Waals surface area contributed by atoms with E-state index < -0.39 is 0 Å². The number of aromatic nitrogens is 1. The number of rotatable bonds is 5. The Hall–Kier alpha value is -1.43. The number of nitrogens with one attached hydrogen (secondary N) is 2. The Labute approximate surface area is 151 Å². The second-order valence-corrected chi connectivity index (χ2v) is 7.82. The highest BCUT2D eigenvalue weighted by atomic mass is 35.5. The van der Waals surface area contributed by atoms with Crippen molar-refractivity contribution in [3.05, 3.63) is 45.9 Å². The lowest BCUT2D eigenvalue weighted by atomic mass is 9.97. The van der Waals surface area contributed by atoms with Gasteiger partial charge in [-0.25, -0.2) is 4.98 Å². The number of benzene rings is 1. The van der Waals surface area contributed by atoms with Crippen LogP contribution in [0.5, 0.6) is 0 Å². The van der Waals surface area contributed by atoms with Crippen molar-refractivity contribution in [3.8, 4) is 0 Å². The number of thiazole rings is 1. The van der Waals surface area contributed by atoms with E-state index in [1.807, 2.05) is 37.4 Å². The molecule has 2 heterocycles. The molecule has 1 saturated heterocycles. The summed E-state index contributed by atoms with van der Waals surface area (Å²) in [4.78, 5) is 18.1. The summed E-state index contributed by atoms with van der Waals surface area (Å²) < 4.78 is 0. The van der Waals surface area contributed by atoms with Gasteiger partial charge in [0.05, 0.1) is 0 Å². The number of halogens is 1. The zero-order valence-electron chi connectivity index (χ0n) is 13.7. The molecule has 1 fully saturated rings. The topological polar surface area (TPSA) is 54.0 Å². The van der Waals surface area contributed by atoms with Gasteiger partial charge in [0.2, 0.25) is 5.91 Å². The molecule has 0 spiro atoms. The Morgan fingerprint density at radius 3 is 3.00 bits per heavy atom. The van der Waals surface area contributed by atoms with Gasteiger partial charge in [-0.2, -0.15) is 0 Å². The third-order valence-electron chi connectivity index (χ3n) is 4.37. The van der Waals surface area contributed by atoms with E-state index in [-0.39, 0.29) is 11.8 Å². The third kappa shape index (κ3) is 4.56. The molecule has 0 saturated carbocycles. The molecule has 1 unspecified atom stereocenters. The summed E-state index contributed by atoms with van der Waals surface area (Å²) in [5.41, 5.74) is 1.07. The lowest BCUT2D eigenvalue weighted by Gasteiger charge is -2.20. The van der Waals surface area contributed by atoms with Crippen molar-refractivity contribution in [1.29, 1.82) is 0 Å². The highest BCUT2D eigenvalue weighted by molar-refractivity contribution is 7.15. The van der Waals surface area contributed by atoms with Crippen LogP contribution < -0.4 is 10.6 Å². The minimum atomic E-state index is -0.130. The molecule has 6 heteroatoms. The Morgan fingerprint density at radius 2 is 2.25 bits per heavy atom. The van der Waals surface area contributed by atoms with Gasteiger partial charge >= 0.3 is 0 Å². The van der Waals surface area contributed by atoms with Gasteiger partial charge in [-0.05, 0) is 56.0 Å². The summed E-state index contributed by atoms with van der Waals surface area (Å²) in [5, 5.41) is 7.73. The van der Waals surface area contributed by atoms with Crippen molar-refractivity contribution in [2.24, 2.45) is 5.92 Å². The average molecular weight is 364 g/mol. The summed E-state index contributed by atoms with van der Waals surface area (Å²) in [6.07, 6.45) is 4.86. The van der Waals surface area contributed by atoms with Crippen molar-refractivity contribution < 1.29 is 4.79 Å². The molecule has 1 amide bonds. The molecule has 1 aromatic heterocycles. The summed E-state index contributed by atoms with van der Waals surface area (Å²) >= 11 is 7.60. The number of carbonyl (C=O) groups is 1. The van der Waals surface area contributed by atoms with Crippen LogP contribution in [0.25, 0.3) is 0 Å². The first-order valence-corrected chi connectivity index (χ1v) is 9.53. The van der Waals surface area contributed by atoms with Crippen LogP contribution in [0.15, 0.2) is 30.5 Å². The molecule has 2 N–H and O–H groups in total. The van der Waals surface area contributed by atoms with Gasteiger partial charge in [0.1, 0.15) is 0 Å². The average Bonchev–Trinajstić information content (AvgIpc) is 3.04. The van der Waals surface area contributed by atoms with Crippen LogP contribution in [0.3, 0.4) is 0 Å². The monoisotopic (exact) mass is 363 g/mol. The maximum absolute atomic E-state index is 12.4. The van der Waals surface area contributed by atoms with E-state index in [9.17, 15) is 4.79 Å². The Bertz CT molecular complexity index is 697. The minimum absolute atomic E-state index is 0.00110. The fraction of sp³-hybridized carbons (Fsp3) is 0.444. The number of anilines is 1. The predicted octanol–water partition coefficient (Wildman–Crippen LogP) is 4.08. The first kappa shape index (κ1) is 17.4. The second-order valence-electron chi connectivity index (χ2n) is 6.32. The summed E-state index contributed by atoms with van der Waals surface area (Å²) in [6, 6.07) is 7.65. The van der Waals surface area contributed by atoms with E-state index >= 15 is 0 Å². The molecule has 2 aromatic rings. The number of carbonyl (C=O) groups excluding carboxylic acids is 1. The molecule has 0 aliphatic carbocycles. The van der Waals surface area contributed by atoms with Crippen LogP contribution in [-0.4, -0.2) is 24.0 Å². The number of hydrogen-bond acceptors (Lipinski definition) is 4. The number of amides is 1. The Morgan fingerprint density at radius 1 is 1.46 bits per heavy atom. The molecular weight excluding hydrogens is 342 g/mol. The second kappa shape index (κ2) is 8.10. The molecule has 24 heavy (non-hydrogen) atoms. The molecule has 0 radical (unpaired) electrons. The van der Waals surface area contributed by atoms with E-state index in [1.165, 1.54) is 4.88 Å². The Kier molecular flexibility index (Phi) is 5.87. The molecule has 3 rings (SSSR count). The highest BCUT2D eigenvalue weighted by Gasteiger charge is 2.20. The van der Waals surface area contributed by atoms with Gasteiger partial charge < -0.3 is 10.6 Å². The lowest BCUT2D eigenvalue weighted by molar-refractivity contribution is -0.119. The number of nitrogens with zero attached hydrogens (tertiary/aromatic N) is 1. The molecule has 4 nitrogen and oxygen atoms in total. The lowest BCUT2D eigenvalue weighted by Crippen LogP contribution is -2.26. The zero-order chi connectivity index (χ0) is 16.9. The van der Waals surface area contributed by atoms with Crippen molar-refractivity contribution in [1.82, 2.24) is 10.3 Å². The fourth-order valence-electron chi connectivity index (χ4n) is 2.98. The molecule has 1 atom stereocenters. The largest absolute Gasteiger partial charge is 0.317 e. The quantitative estimate of drug-likeness (QED) is 0.841. The zero-order valence-corrected chi connectivity index (χ0v) is 15.3. The van der Waals surface area contributed by atoms with Crippen LogP contribution in [0.2, 0.25) is 5.02 Å². The van der Waals surface area contributed by atoms with Crippen molar-refractivity contribution in [2.75, 3.05) is 18.4 Å². The maximum atomic E-state index is 12.4. The maximum Gasteiger partial charge on any atom is 0.229 e. The van der Waals surface area contributed by atoms with Gasteiger partial charge in [0.15, 0.2) is 5.13 Å². The van der Waals surface area contributed by atoms with Crippen LogP contribution in [0.1, 0.15) is 36.1 Å². The van der Waals surface area contributed by atoms with Crippen molar-refractivity contribution >= 4 is 34.0 Å². The molecule has 1 aliphatic rings. The SMILES string of the molecule is CC(Cc1cccc(Cl)c1)C(=O)Nc1ncc(C2CCNCC2)s1. The molecule has 1 aliphatic heterocycles. The van der Waals surface area contributed by atoms with E-state index in [1.54, 1.807) is 11.3 Å². The normalized spacial score (nSPS) is 16.8. The van der Waals surface area contributed by atoms with Crippen LogP contribution >= 0.6 is 22.9 Å². The van der Waals surface area contributed by atoms with Gasteiger partial charge in [-0.1, -0.05) is 30.7 Å². The first-order valence-electron chi connectivity index (χ1n) is 8.33. The first-order chi connectivity index (χ1) is 11.6. The van der Waals surface area contributed by atoms with E-state index in [2.05, 4.69) is 15.6 Å². The third-order valence-corrected chi connectivity index (χ3v) is 5.68. The van der Waals surface area contributed by atoms with E-state index in [4.69, 9.17) is 11.6 Å². The van der Waals surface area contributed by atoms with Crippen molar-refractivity contribution in [3.63, 3.8) is 0 Å². The number of hydrogen-bond donors (Lipinski definition) is 2. The van der Waals surface area contributed by atoms with Gasteiger partial charge in [-0.15, -0.1) is 11.3 Å². The van der Waals surface area contributed by atoms with Gasteiger partial charge in [0, 0.05) is 22.0 Å². The smallest absolute Gasteiger partial charge is 0.229 e. The summed E-state index contributed by atoms with van der Waals surface area (Å²) in [7, 11) is 0. The van der Waals surface area contributed by atoms with Crippen molar-refractivity contribution in [2.45, 2.75) is 32.1 Å². The predicted molar refractivity (Wildman–Crippen MR) is 99.9 cm³/mol. The fourth-order valence-corrected chi connectivity index (χ4v) is 4.18. The van der Waals surface area contributed by atoms with Crippen LogP contribution in [0, 0.1) is 5.92 Å². The number of piperidine rings is 1. The molecular formula is C18H22ClN3OS. The summed E-state index contributed by atoms with van der Waals surface area (Å²) in [5.74, 6) is 0.439. The standard InChI is InChI=1S/C18H22ClN3OS/c1-12(9-13-3-2-4-15(19)10-13)17(23)22-18-21-11-16(24-18)14-5-7-20-8-6-14/h2-4,10-12,14,20H,5-9H2,1H3,(H,21,22,23). The Balaban J connectivity index is 1.57. The molecule has 1 aromatic carbocycles. The molecule has 128 valence electrons. The van der Waals surface area contributed by atoms with Gasteiger partial charge in [-0.3, -0.25) is 4.79 Å². The summed E-state index contributed by atoms with van der Waals surface area (Å²) in [6.45, 7) is 4.04. The van der Waals surface area contributed by atoms with E-state index in [0.717, 1.165) is 31.5 Å². The van der Waals surface area contributed by atoms with E-state index in [0.29, 0.717) is 22.5 Å².